The van der Waals surface area contributed by atoms with Crippen LogP contribution < -0.4 is 10.6 Å². The summed E-state index contributed by atoms with van der Waals surface area (Å²) >= 11 is 0. The number of carbonyl (C=O) groups excluding carboxylic acids is 1. The van der Waals surface area contributed by atoms with E-state index in [1.165, 1.54) is 25.7 Å². The molecule has 1 aliphatic rings. The van der Waals surface area contributed by atoms with Crippen molar-refractivity contribution in [2.75, 3.05) is 26.2 Å². The molecule has 0 saturated carbocycles. The van der Waals surface area contributed by atoms with Crippen molar-refractivity contribution in [3.05, 3.63) is 0 Å². The molecule has 0 aromatic heterocycles. The highest BCUT2D eigenvalue weighted by Crippen LogP contribution is 2.07. The fourth-order valence-corrected chi connectivity index (χ4v) is 2.72. The highest BCUT2D eigenvalue weighted by Gasteiger charge is 2.17. The molecule has 1 fully saturated rings. The molecule has 0 aromatic rings. The maximum Gasteiger partial charge on any atom is 0.244 e. The van der Waals surface area contributed by atoms with Crippen molar-refractivity contribution < 1.29 is 4.79 Å². The van der Waals surface area contributed by atoms with Gasteiger partial charge in [0.25, 0.3) is 0 Å². The summed E-state index contributed by atoms with van der Waals surface area (Å²) in [6.45, 7) is 9.31. The number of unbranched alkanes of at least 4 members (excludes halogenated alkanes) is 3. The predicted octanol–water partition coefficient (Wildman–Crippen LogP) is 2.52. The molecular formula is C17H34N4O. The molecule has 1 heterocycles. The van der Waals surface area contributed by atoms with E-state index in [4.69, 9.17) is 0 Å². The smallest absolute Gasteiger partial charge is 0.244 e. The highest BCUT2D eigenvalue weighted by atomic mass is 16.2. The Kier molecular flexibility index (Phi) is 9.67. The van der Waals surface area contributed by atoms with Crippen LogP contribution >= 0.6 is 0 Å². The molecule has 0 aliphatic carbocycles. The fraction of sp³-hybridized carbons (Fsp3) is 0.882. The topological polar surface area (TPSA) is 56.7 Å². The number of guanidine groups is 1. The number of nitrogens with zero attached hydrogens (tertiary/aromatic N) is 2. The number of carbonyl (C=O) groups is 1. The van der Waals surface area contributed by atoms with E-state index in [0.29, 0.717) is 6.04 Å². The predicted molar refractivity (Wildman–Crippen MR) is 93.1 cm³/mol. The molecule has 5 nitrogen and oxygen atoms in total. The zero-order valence-corrected chi connectivity index (χ0v) is 14.7. The summed E-state index contributed by atoms with van der Waals surface area (Å²) in [7, 11) is 0. The van der Waals surface area contributed by atoms with Gasteiger partial charge in [-0.3, -0.25) is 4.79 Å². The van der Waals surface area contributed by atoms with E-state index in [0.717, 1.165) is 44.9 Å². The SMILES string of the molecule is CCCCCCC(C)NC(=NCC(=O)N1CCCC1)NCC. The second-order valence-electron chi connectivity index (χ2n) is 6.18. The average molecular weight is 310 g/mol. The molecule has 5 heteroatoms. The van der Waals surface area contributed by atoms with Crippen LogP contribution in [0, 0.1) is 0 Å². The number of amides is 1. The van der Waals surface area contributed by atoms with Gasteiger partial charge in [0.05, 0.1) is 0 Å². The molecule has 1 rings (SSSR count). The number of hydrogen-bond acceptors (Lipinski definition) is 2. The monoisotopic (exact) mass is 310 g/mol. The van der Waals surface area contributed by atoms with Crippen LogP contribution in [0.2, 0.25) is 0 Å². The van der Waals surface area contributed by atoms with Gasteiger partial charge in [0.1, 0.15) is 6.54 Å². The summed E-state index contributed by atoms with van der Waals surface area (Å²) in [5.74, 6) is 0.906. The van der Waals surface area contributed by atoms with Gasteiger partial charge >= 0.3 is 0 Å². The van der Waals surface area contributed by atoms with Crippen LogP contribution in [-0.4, -0.2) is 49.0 Å². The lowest BCUT2D eigenvalue weighted by Crippen LogP contribution is -2.43. The third-order valence-corrected chi connectivity index (χ3v) is 4.05. The Morgan fingerprint density at radius 1 is 1.18 bits per heavy atom. The molecule has 0 bridgehead atoms. The molecule has 1 unspecified atom stereocenters. The van der Waals surface area contributed by atoms with E-state index in [9.17, 15) is 4.79 Å². The standard InChI is InChI=1S/C17H34N4O/c1-4-6-7-8-11-15(3)20-17(18-5-2)19-14-16(22)21-12-9-10-13-21/h15H,4-14H2,1-3H3,(H2,18,19,20). The molecule has 0 aromatic carbocycles. The van der Waals surface area contributed by atoms with Gasteiger partial charge in [0.2, 0.25) is 5.91 Å². The van der Waals surface area contributed by atoms with Gasteiger partial charge in [-0.05, 0) is 33.1 Å². The van der Waals surface area contributed by atoms with Crippen LogP contribution in [0.3, 0.4) is 0 Å². The van der Waals surface area contributed by atoms with E-state index in [1.807, 2.05) is 11.8 Å². The normalized spacial score (nSPS) is 16.7. The summed E-state index contributed by atoms with van der Waals surface area (Å²) in [5, 5.41) is 6.64. The zero-order valence-electron chi connectivity index (χ0n) is 14.7. The number of aliphatic imine (C=N–C) groups is 1. The minimum absolute atomic E-state index is 0.144. The highest BCUT2D eigenvalue weighted by molar-refractivity contribution is 5.85. The molecule has 1 aliphatic heterocycles. The van der Waals surface area contributed by atoms with E-state index < -0.39 is 0 Å². The van der Waals surface area contributed by atoms with Gasteiger partial charge in [-0.15, -0.1) is 0 Å². The number of nitrogens with one attached hydrogen (secondary N) is 2. The van der Waals surface area contributed by atoms with Crippen molar-refractivity contribution in [3.8, 4) is 0 Å². The molecule has 2 N–H and O–H groups in total. The first-order chi connectivity index (χ1) is 10.7. The Balaban J connectivity index is 2.35. The maximum atomic E-state index is 12.0. The second kappa shape index (κ2) is 11.3. The van der Waals surface area contributed by atoms with Crippen LogP contribution in [-0.2, 0) is 4.79 Å². The first-order valence-corrected chi connectivity index (χ1v) is 9.00. The molecule has 1 atom stereocenters. The van der Waals surface area contributed by atoms with Crippen molar-refractivity contribution in [2.45, 2.75) is 71.8 Å². The Hall–Kier alpha value is -1.26. The first-order valence-electron chi connectivity index (χ1n) is 9.00. The van der Waals surface area contributed by atoms with Gasteiger partial charge < -0.3 is 15.5 Å². The lowest BCUT2D eigenvalue weighted by atomic mass is 10.1. The van der Waals surface area contributed by atoms with Crippen LogP contribution in [0.4, 0.5) is 0 Å². The maximum absolute atomic E-state index is 12.0. The number of hydrogen-bond donors (Lipinski definition) is 2. The quantitative estimate of drug-likeness (QED) is 0.391. The average Bonchev–Trinajstić information content (AvgIpc) is 3.03. The number of rotatable bonds is 9. The first kappa shape index (κ1) is 18.8. The van der Waals surface area contributed by atoms with Gasteiger partial charge in [0, 0.05) is 25.7 Å². The zero-order chi connectivity index (χ0) is 16.2. The molecule has 0 radical (unpaired) electrons. The third kappa shape index (κ3) is 7.66. The molecule has 128 valence electrons. The van der Waals surface area contributed by atoms with Gasteiger partial charge in [-0.1, -0.05) is 32.6 Å². The van der Waals surface area contributed by atoms with Crippen LogP contribution in [0.25, 0.3) is 0 Å². The van der Waals surface area contributed by atoms with Crippen LogP contribution in [0.1, 0.15) is 65.7 Å². The van der Waals surface area contributed by atoms with Crippen molar-refractivity contribution in [1.82, 2.24) is 15.5 Å². The Labute approximate surface area is 135 Å². The summed E-state index contributed by atoms with van der Waals surface area (Å²) in [4.78, 5) is 18.4. The van der Waals surface area contributed by atoms with Crippen molar-refractivity contribution in [1.29, 1.82) is 0 Å². The van der Waals surface area contributed by atoms with E-state index in [2.05, 4.69) is 29.5 Å². The Bertz CT molecular complexity index is 338. The minimum Gasteiger partial charge on any atom is -0.357 e. The summed E-state index contributed by atoms with van der Waals surface area (Å²) in [5.41, 5.74) is 0. The fourth-order valence-electron chi connectivity index (χ4n) is 2.72. The number of likely N-dealkylation sites (tertiary alicyclic amines) is 1. The summed E-state index contributed by atoms with van der Waals surface area (Å²) in [6, 6.07) is 0.386. The Morgan fingerprint density at radius 2 is 1.91 bits per heavy atom. The van der Waals surface area contributed by atoms with Crippen molar-refractivity contribution in [3.63, 3.8) is 0 Å². The molecule has 1 amide bonds. The van der Waals surface area contributed by atoms with Gasteiger partial charge in [-0.2, -0.15) is 0 Å². The van der Waals surface area contributed by atoms with E-state index >= 15 is 0 Å². The van der Waals surface area contributed by atoms with Crippen LogP contribution in [0.15, 0.2) is 4.99 Å². The molecular weight excluding hydrogens is 276 g/mol. The third-order valence-electron chi connectivity index (χ3n) is 4.05. The van der Waals surface area contributed by atoms with E-state index in [1.54, 1.807) is 0 Å². The largest absolute Gasteiger partial charge is 0.357 e. The molecule has 22 heavy (non-hydrogen) atoms. The summed E-state index contributed by atoms with van der Waals surface area (Å²) < 4.78 is 0. The Morgan fingerprint density at radius 3 is 2.55 bits per heavy atom. The second-order valence-corrected chi connectivity index (χ2v) is 6.18. The lowest BCUT2D eigenvalue weighted by Gasteiger charge is -2.18. The van der Waals surface area contributed by atoms with Gasteiger partial charge in [0.15, 0.2) is 5.96 Å². The van der Waals surface area contributed by atoms with Crippen molar-refractivity contribution >= 4 is 11.9 Å². The van der Waals surface area contributed by atoms with Crippen LogP contribution in [0.5, 0.6) is 0 Å². The molecule has 0 spiro atoms. The van der Waals surface area contributed by atoms with Gasteiger partial charge in [-0.25, -0.2) is 4.99 Å². The van der Waals surface area contributed by atoms with E-state index in [-0.39, 0.29) is 12.5 Å². The lowest BCUT2D eigenvalue weighted by molar-refractivity contribution is -0.128. The summed E-state index contributed by atoms with van der Waals surface area (Å²) in [6.07, 6.45) is 8.52. The minimum atomic E-state index is 0.144. The molecule has 1 saturated heterocycles. The van der Waals surface area contributed by atoms with Crippen molar-refractivity contribution in [2.24, 2.45) is 4.99 Å².